The van der Waals surface area contributed by atoms with E-state index in [1.165, 1.54) is 30.3 Å². The number of ether oxygens (including phenoxy) is 1. The molecule has 1 aliphatic rings. The lowest BCUT2D eigenvalue weighted by Gasteiger charge is -2.24. The summed E-state index contributed by atoms with van der Waals surface area (Å²) in [7, 11) is 0. The molecular formula is C18H10F3NO4. The quantitative estimate of drug-likeness (QED) is 0.477. The Balaban J connectivity index is 1.95. The molecule has 1 heterocycles. The summed E-state index contributed by atoms with van der Waals surface area (Å²) >= 11 is 0. The molecule has 0 amide bonds. The van der Waals surface area contributed by atoms with E-state index >= 15 is 0 Å². The molecule has 1 aliphatic heterocycles. The summed E-state index contributed by atoms with van der Waals surface area (Å²) in [6, 6.07) is 10.3. The van der Waals surface area contributed by atoms with Crippen molar-refractivity contribution in [1.29, 1.82) is 0 Å². The molecule has 0 aliphatic carbocycles. The van der Waals surface area contributed by atoms with Gasteiger partial charge < -0.3 is 9.84 Å². The number of hydrogen-bond donors (Lipinski definition) is 1. The number of rotatable bonds is 1. The van der Waals surface area contributed by atoms with Gasteiger partial charge in [0.1, 0.15) is 11.5 Å². The number of halogens is 3. The van der Waals surface area contributed by atoms with E-state index in [1.807, 2.05) is 0 Å². The zero-order valence-electron chi connectivity index (χ0n) is 12.9. The number of nitrogens with zero attached hydrogens (tertiary/aromatic N) is 1. The fourth-order valence-corrected chi connectivity index (χ4v) is 2.34. The highest BCUT2D eigenvalue weighted by molar-refractivity contribution is 5.64. The molecule has 0 aromatic heterocycles. The highest BCUT2D eigenvalue weighted by Gasteiger charge is 2.51. The van der Waals surface area contributed by atoms with Crippen molar-refractivity contribution in [1.82, 2.24) is 0 Å². The van der Waals surface area contributed by atoms with E-state index in [-0.39, 0.29) is 17.1 Å². The Bertz CT molecular complexity index is 953. The Hall–Kier alpha value is -3.47. The lowest BCUT2D eigenvalue weighted by atomic mass is 10.0. The first kappa shape index (κ1) is 17.4. The largest absolute Gasteiger partial charge is 0.508 e. The number of phenols is 1. The van der Waals surface area contributed by atoms with Crippen LogP contribution in [0.2, 0.25) is 0 Å². The van der Waals surface area contributed by atoms with Gasteiger partial charge in [0.05, 0.1) is 4.92 Å². The first-order valence-electron chi connectivity index (χ1n) is 7.28. The molecule has 2 aromatic rings. The maximum atomic E-state index is 13.0. The number of fused-ring (bicyclic) bond motifs is 1. The number of benzene rings is 2. The van der Waals surface area contributed by atoms with Gasteiger partial charge in [0.15, 0.2) is 0 Å². The van der Waals surface area contributed by atoms with Gasteiger partial charge in [0.25, 0.3) is 11.8 Å². The van der Waals surface area contributed by atoms with Gasteiger partial charge in [-0.2, -0.15) is 13.2 Å². The van der Waals surface area contributed by atoms with Crippen molar-refractivity contribution < 1.29 is 27.9 Å². The molecule has 26 heavy (non-hydrogen) atoms. The molecule has 8 heteroatoms. The molecule has 0 fully saturated rings. The van der Waals surface area contributed by atoms with E-state index in [4.69, 9.17) is 4.74 Å². The first-order valence-corrected chi connectivity index (χ1v) is 7.28. The first-order chi connectivity index (χ1) is 12.2. The normalized spacial score (nSPS) is 15.8. The lowest BCUT2D eigenvalue weighted by Crippen LogP contribution is -2.40. The van der Waals surface area contributed by atoms with Crippen LogP contribution in [0, 0.1) is 22.0 Å². The molecule has 3 rings (SSSR count). The van der Waals surface area contributed by atoms with Crippen molar-refractivity contribution in [3.05, 3.63) is 75.0 Å². The molecule has 132 valence electrons. The summed E-state index contributed by atoms with van der Waals surface area (Å²) in [4.78, 5) is 9.85. The van der Waals surface area contributed by atoms with Gasteiger partial charge in [-0.05, 0) is 42.5 Å². The molecule has 2 aromatic carbocycles. The number of hydrogen-bond acceptors (Lipinski definition) is 4. The van der Waals surface area contributed by atoms with Crippen molar-refractivity contribution in [3.63, 3.8) is 0 Å². The van der Waals surface area contributed by atoms with Crippen molar-refractivity contribution in [3.8, 4) is 23.3 Å². The van der Waals surface area contributed by atoms with Crippen molar-refractivity contribution in [2.75, 3.05) is 0 Å². The van der Waals surface area contributed by atoms with Crippen LogP contribution in [0.15, 0.2) is 48.2 Å². The number of phenolic OH excluding ortho intramolecular Hbond substituents is 1. The Morgan fingerprint density at radius 2 is 1.69 bits per heavy atom. The maximum absolute atomic E-state index is 13.0. The Morgan fingerprint density at radius 3 is 2.31 bits per heavy atom. The van der Waals surface area contributed by atoms with Crippen LogP contribution in [0.4, 0.5) is 13.2 Å². The second-order valence-electron chi connectivity index (χ2n) is 5.42. The Morgan fingerprint density at radius 1 is 1.08 bits per heavy atom. The highest BCUT2D eigenvalue weighted by atomic mass is 19.4. The molecule has 0 spiro atoms. The third-order valence-electron chi connectivity index (χ3n) is 3.55. The minimum Gasteiger partial charge on any atom is -0.508 e. The molecular weight excluding hydrogens is 351 g/mol. The molecule has 1 N–H and O–H groups in total. The van der Waals surface area contributed by atoms with Gasteiger partial charge in [0, 0.05) is 22.8 Å². The van der Waals surface area contributed by atoms with Crippen LogP contribution in [0.5, 0.6) is 11.5 Å². The van der Waals surface area contributed by atoms with Gasteiger partial charge in [-0.1, -0.05) is 11.8 Å². The SMILES string of the molecule is O=[N+]([O-])C1=Cc2cc(C#Cc3ccc(O)cc3)ccc2OC1C(F)(F)F. The summed E-state index contributed by atoms with van der Waals surface area (Å²) in [6.45, 7) is 0. The molecule has 1 atom stereocenters. The average molecular weight is 361 g/mol. The topological polar surface area (TPSA) is 72.6 Å². The number of aromatic hydroxyl groups is 1. The summed E-state index contributed by atoms with van der Waals surface area (Å²) in [5.74, 6) is 5.62. The fraction of sp³-hybridized carbons (Fsp3) is 0.111. The molecule has 0 radical (unpaired) electrons. The average Bonchev–Trinajstić information content (AvgIpc) is 2.59. The van der Waals surface area contributed by atoms with E-state index in [0.717, 1.165) is 6.08 Å². The van der Waals surface area contributed by atoms with E-state index in [9.17, 15) is 28.4 Å². The molecule has 5 nitrogen and oxygen atoms in total. The fourth-order valence-electron chi connectivity index (χ4n) is 2.34. The monoisotopic (exact) mass is 361 g/mol. The highest BCUT2D eigenvalue weighted by Crippen LogP contribution is 2.37. The van der Waals surface area contributed by atoms with Crippen LogP contribution in [0.3, 0.4) is 0 Å². The van der Waals surface area contributed by atoms with Crippen molar-refractivity contribution in [2.24, 2.45) is 0 Å². The minimum atomic E-state index is -4.89. The predicted octanol–water partition coefficient (Wildman–Crippen LogP) is 3.73. The molecule has 1 unspecified atom stereocenters. The third kappa shape index (κ3) is 3.62. The van der Waals surface area contributed by atoms with Crippen LogP contribution in [0.1, 0.15) is 16.7 Å². The zero-order valence-corrected chi connectivity index (χ0v) is 12.9. The second kappa shape index (κ2) is 6.44. The number of alkyl halides is 3. The molecule has 0 saturated carbocycles. The smallest absolute Gasteiger partial charge is 0.436 e. The van der Waals surface area contributed by atoms with E-state index in [2.05, 4.69) is 11.8 Å². The van der Waals surface area contributed by atoms with Gasteiger partial charge in [-0.3, -0.25) is 10.1 Å². The zero-order chi connectivity index (χ0) is 18.9. The third-order valence-corrected chi connectivity index (χ3v) is 3.55. The summed E-state index contributed by atoms with van der Waals surface area (Å²) < 4.78 is 43.6. The lowest BCUT2D eigenvalue weighted by molar-refractivity contribution is -0.443. The van der Waals surface area contributed by atoms with Crippen LogP contribution in [-0.4, -0.2) is 22.3 Å². The van der Waals surface area contributed by atoms with Gasteiger partial charge in [0.2, 0.25) is 0 Å². The Labute approximate surface area is 145 Å². The minimum absolute atomic E-state index is 0.0955. The number of nitro groups is 1. The maximum Gasteiger partial charge on any atom is 0.436 e. The van der Waals surface area contributed by atoms with Crippen molar-refractivity contribution >= 4 is 6.08 Å². The van der Waals surface area contributed by atoms with Gasteiger partial charge in [-0.25, -0.2) is 0 Å². The van der Waals surface area contributed by atoms with Crippen LogP contribution in [0.25, 0.3) is 6.08 Å². The Kier molecular flexibility index (Phi) is 4.30. The van der Waals surface area contributed by atoms with Crippen molar-refractivity contribution in [2.45, 2.75) is 12.3 Å². The van der Waals surface area contributed by atoms with E-state index in [0.29, 0.717) is 11.1 Å². The standard InChI is InChI=1S/C18H10F3NO4/c19-18(20,21)17-15(22(24)25)10-13-9-12(5-8-16(13)26-17)2-1-11-3-6-14(23)7-4-11/h3-10,17,23H. The van der Waals surface area contributed by atoms with Crippen LogP contribution >= 0.6 is 0 Å². The molecule has 0 bridgehead atoms. The van der Waals surface area contributed by atoms with Gasteiger partial charge in [-0.15, -0.1) is 0 Å². The summed E-state index contributed by atoms with van der Waals surface area (Å²) in [5.41, 5.74) is 0.142. The summed E-state index contributed by atoms with van der Waals surface area (Å²) in [6.07, 6.45) is -6.66. The summed E-state index contributed by atoms with van der Waals surface area (Å²) in [5, 5.41) is 20.2. The van der Waals surface area contributed by atoms with Crippen LogP contribution < -0.4 is 4.74 Å². The van der Waals surface area contributed by atoms with E-state index < -0.39 is 22.9 Å². The predicted molar refractivity (Wildman–Crippen MR) is 86.0 cm³/mol. The van der Waals surface area contributed by atoms with E-state index in [1.54, 1.807) is 12.1 Å². The van der Waals surface area contributed by atoms with Crippen LogP contribution in [-0.2, 0) is 0 Å². The van der Waals surface area contributed by atoms with Gasteiger partial charge >= 0.3 is 6.18 Å². The molecule has 0 saturated heterocycles. The second-order valence-corrected chi connectivity index (χ2v) is 5.42.